The van der Waals surface area contributed by atoms with Crippen molar-refractivity contribution in [3.8, 4) is 0 Å². The molecule has 0 radical (unpaired) electrons. The molecule has 0 aromatic heterocycles. The van der Waals surface area contributed by atoms with Crippen LogP contribution in [0.2, 0.25) is 0 Å². The van der Waals surface area contributed by atoms with Crippen molar-refractivity contribution in [2.75, 3.05) is 32.8 Å². The van der Waals surface area contributed by atoms with E-state index in [1.807, 2.05) is 25.2 Å². The second-order valence-electron chi connectivity index (χ2n) is 8.12. The number of amides is 1. The second kappa shape index (κ2) is 12.2. The monoisotopic (exact) mass is 393 g/mol. The van der Waals surface area contributed by atoms with E-state index in [1.54, 1.807) is 0 Å². The number of nitrogens with one attached hydrogen (secondary N) is 2. The molecule has 5 unspecified atom stereocenters. The van der Waals surface area contributed by atoms with E-state index in [4.69, 9.17) is 10.5 Å². The van der Waals surface area contributed by atoms with Crippen molar-refractivity contribution in [3.05, 3.63) is 24.0 Å². The molecule has 0 aliphatic heterocycles. The quantitative estimate of drug-likeness (QED) is 0.218. The molecule has 0 aromatic rings. The molecule has 2 saturated carbocycles. The topological polar surface area (TPSA) is 96.6 Å². The number of hydrogen-bond donors (Lipinski definition) is 4. The zero-order valence-corrected chi connectivity index (χ0v) is 17.5. The van der Waals surface area contributed by atoms with Crippen LogP contribution in [0.15, 0.2) is 24.0 Å². The van der Waals surface area contributed by atoms with Crippen LogP contribution in [0.5, 0.6) is 0 Å². The SMILES string of the molecule is C/C=C(\C=C/CC)OCC(O)CNC(=O)CCNCC1C2CCC(C2)C1CN. The van der Waals surface area contributed by atoms with Gasteiger partial charge in [0.15, 0.2) is 0 Å². The Hall–Kier alpha value is -1.37. The molecule has 6 heteroatoms. The summed E-state index contributed by atoms with van der Waals surface area (Å²) in [5.41, 5.74) is 5.97. The van der Waals surface area contributed by atoms with E-state index in [2.05, 4.69) is 17.6 Å². The lowest BCUT2D eigenvalue weighted by atomic mass is 9.79. The third-order valence-electron chi connectivity index (χ3n) is 6.24. The van der Waals surface area contributed by atoms with Crippen LogP contribution in [0.25, 0.3) is 0 Å². The molecular weight excluding hydrogens is 354 g/mol. The summed E-state index contributed by atoms with van der Waals surface area (Å²) in [6, 6.07) is 0. The lowest BCUT2D eigenvalue weighted by Crippen LogP contribution is -2.38. The third kappa shape index (κ3) is 6.90. The van der Waals surface area contributed by atoms with Gasteiger partial charge >= 0.3 is 0 Å². The Morgan fingerprint density at radius 1 is 1.32 bits per heavy atom. The summed E-state index contributed by atoms with van der Waals surface area (Å²) in [5.74, 6) is 3.66. The van der Waals surface area contributed by atoms with E-state index < -0.39 is 6.10 Å². The first-order chi connectivity index (χ1) is 13.6. The maximum atomic E-state index is 12.0. The molecule has 28 heavy (non-hydrogen) atoms. The number of fused-ring (bicyclic) bond motifs is 2. The average Bonchev–Trinajstić information content (AvgIpc) is 3.31. The molecule has 160 valence electrons. The Balaban J connectivity index is 1.54. The van der Waals surface area contributed by atoms with E-state index >= 15 is 0 Å². The minimum Gasteiger partial charge on any atom is -0.491 e. The van der Waals surface area contributed by atoms with E-state index in [1.165, 1.54) is 19.3 Å². The minimum atomic E-state index is -0.721. The van der Waals surface area contributed by atoms with Gasteiger partial charge in [-0.2, -0.15) is 0 Å². The number of aliphatic hydroxyl groups is 1. The standard InChI is InChI=1S/C22H39N3O3/c1-3-5-6-19(4-2)28-15-18(26)13-25-22(27)9-10-24-14-21-17-8-7-16(11-17)20(21)12-23/h4-6,16-18,20-21,24,26H,3,7-15,23H2,1-2H3,(H,25,27)/b6-5-,19-4+. The Bertz CT molecular complexity index is 535. The molecule has 5 N–H and O–H groups in total. The van der Waals surface area contributed by atoms with Gasteiger partial charge in [-0.15, -0.1) is 0 Å². The van der Waals surface area contributed by atoms with Crippen LogP contribution in [-0.2, 0) is 9.53 Å². The van der Waals surface area contributed by atoms with Crippen molar-refractivity contribution in [3.63, 3.8) is 0 Å². The van der Waals surface area contributed by atoms with Crippen LogP contribution in [-0.4, -0.2) is 49.9 Å². The van der Waals surface area contributed by atoms with Crippen LogP contribution in [0.4, 0.5) is 0 Å². The first-order valence-corrected chi connectivity index (χ1v) is 10.9. The highest BCUT2D eigenvalue weighted by Gasteiger charge is 2.46. The summed E-state index contributed by atoms with van der Waals surface area (Å²) in [7, 11) is 0. The highest BCUT2D eigenvalue weighted by Crippen LogP contribution is 2.51. The summed E-state index contributed by atoms with van der Waals surface area (Å²) < 4.78 is 5.54. The van der Waals surface area contributed by atoms with Crippen molar-refractivity contribution in [2.24, 2.45) is 29.4 Å². The Morgan fingerprint density at radius 2 is 2.07 bits per heavy atom. The van der Waals surface area contributed by atoms with Crippen molar-refractivity contribution < 1.29 is 14.6 Å². The first kappa shape index (κ1) is 22.9. The van der Waals surface area contributed by atoms with Crippen LogP contribution >= 0.6 is 0 Å². The number of rotatable bonds is 13. The molecule has 2 rings (SSSR count). The van der Waals surface area contributed by atoms with Crippen LogP contribution in [0.3, 0.4) is 0 Å². The van der Waals surface area contributed by atoms with Crippen molar-refractivity contribution in [1.29, 1.82) is 0 Å². The summed E-state index contributed by atoms with van der Waals surface area (Å²) in [5, 5.41) is 16.2. The number of carbonyl (C=O) groups excluding carboxylic acids is 1. The van der Waals surface area contributed by atoms with Crippen LogP contribution in [0.1, 0.15) is 46.0 Å². The van der Waals surface area contributed by atoms with E-state index in [0.717, 1.165) is 37.1 Å². The molecule has 0 spiro atoms. The maximum Gasteiger partial charge on any atom is 0.221 e. The molecule has 5 atom stereocenters. The number of ether oxygens (including phenoxy) is 1. The third-order valence-corrected chi connectivity index (χ3v) is 6.24. The Labute approximate surface area is 170 Å². The molecule has 0 saturated heterocycles. The molecule has 2 aliphatic carbocycles. The van der Waals surface area contributed by atoms with Gasteiger partial charge in [0.05, 0.1) is 0 Å². The maximum absolute atomic E-state index is 12.0. The zero-order chi connectivity index (χ0) is 20.4. The smallest absolute Gasteiger partial charge is 0.221 e. The Morgan fingerprint density at radius 3 is 2.75 bits per heavy atom. The van der Waals surface area contributed by atoms with E-state index in [-0.39, 0.29) is 19.1 Å². The largest absolute Gasteiger partial charge is 0.491 e. The Kier molecular flexibility index (Phi) is 10.0. The van der Waals surface area contributed by atoms with Crippen LogP contribution < -0.4 is 16.4 Å². The van der Waals surface area contributed by atoms with Gasteiger partial charge in [0.2, 0.25) is 5.91 Å². The number of hydrogen-bond acceptors (Lipinski definition) is 5. The highest BCUT2D eigenvalue weighted by molar-refractivity contribution is 5.76. The molecule has 0 heterocycles. The van der Waals surface area contributed by atoms with Crippen molar-refractivity contribution >= 4 is 5.91 Å². The van der Waals surface area contributed by atoms with Gasteiger partial charge in [-0.25, -0.2) is 0 Å². The molecule has 2 bridgehead atoms. The average molecular weight is 394 g/mol. The summed E-state index contributed by atoms with van der Waals surface area (Å²) in [6.07, 6.45) is 10.4. The summed E-state index contributed by atoms with van der Waals surface area (Å²) in [6.45, 7) is 6.72. The first-order valence-electron chi connectivity index (χ1n) is 10.9. The van der Waals surface area contributed by atoms with Crippen molar-refractivity contribution in [1.82, 2.24) is 10.6 Å². The fourth-order valence-electron chi connectivity index (χ4n) is 4.72. The van der Waals surface area contributed by atoms with Gasteiger partial charge in [0.1, 0.15) is 18.5 Å². The zero-order valence-electron chi connectivity index (χ0n) is 17.5. The van der Waals surface area contributed by atoms with Gasteiger partial charge in [-0.3, -0.25) is 4.79 Å². The van der Waals surface area contributed by atoms with Gasteiger partial charge in [0.25, 0.3) is 0 Å². The fraction of sp³-hybridized carbons (Fsp3) is 0.773. The highest BCUT2D eigenvalue weighted by atomic mass is 16.5. The molecular formula is C22H39N3O3. The molecule has 0 aromatic carbocycles. The molecule has 6 nitrogen and oxygen atoms in total. The number of allylic oxidation sites excluding steroid dienone is 3. The lowest BCUT2D eigenvalue weighted by molar-refractivity contribution is -0.121. The van der Waals surface area contributed by atoms with Gasteiger partial charge in [-0.05, 0) is 81.5 Å². The minimum absolute atomic E-state index is 0.0491. The van der Waals surface area contributed by atoms with E-state index in [0.29, 0.717) is 24.8 Å². The van der Waals surface area contributed by atoms with Crippen molar-refractivity contribution in [2.45, 2.75) is 52.1 Å². The molecule has 2 aliphatic rings. The molecule has 1 amide bonds. The lowest BCUT2D eigenvalue weighted by Gasteiger charge is -2.30. The second-order valence-corrected chi connectivity index (χ2v) is 8.12. The predicted octanol–water partition coefficient (Wildman–Crippen LogP) is 1.95. The number of carbonyl (C=O) groups is 1. The van der Waals surface area contributed by atoms with Gasteiger partial charge in [0, 0.05) is 19.5 Å². The fourth-order valence-corrected chi connectivity index (χ4v) is 4.72. The summed E-state index contributed by atoms with van der Waals surface area (Å²) >= 11 is 0. The van der Waals surface area contributed by atoms with E-state index in [9.17, 15) is 9.90 Å². The number of nitrogens with two attached hydrogens (primary N) is 1. The van der Waals surface area contributed by atoms with Crippen LogP contribution in [0, 0.1) is 23.7 Å². The molecule has 2 fully saturated rings. The summed E-state index contributed by atoms with van der Waals surface area (Å²) in [4.78, 5) is 12.0. The van der Waals surface area contributed by atoms with Gasteiger partial charge in [-0.1, -0.05) is 13.0 Å². The number of aliphatic hydroxyl groups excluding tert-OH is 1. The van der Waals surface area contributed by atoms with Gasteiger partial charge < -0.3 is 26.2 Å². The normalized spacial score (nSPS) is 28.1. The predicted molar refractivity (Wildman–Crippen MR) is 113 cm³/mol.